The lowest BCUT2D eigenvalue weighted by atomic mass is 10.2. The van der Waals surface area contributed by atoms with Crippen molar-refractivity contribution >= 4 is 11.6 Å². The Balaban J connectivity index is 2.67. The van der Waals surface area contributed by atoms with Crippen LogP contribution in [-0.2, 0) is 0 Å². The second-order valence-corrected chi connectivity index (χ2v) is 4.16. The van der Waals surface area contributed by atoms with Gasteiger partial charge in [0.15, 0.2) is 0 Å². The number of alkyl halides is 1. The zero-order valence-corrected chi connectivity index (χ0v) is 9.83. The van der Waals surface area contributed by atoms with Gasteiger partial charge in [0.2, 0.25) is 0 Å². The average Bonchev–Trinajstić information content (AvgIpc) is 2.66. The molecule has 1 rings (SSSR count). The van der Waals surface area contributed by atoms with E-state index in [2.05, 4.69) is 24.2 Å². The highest BCUT2D eigenvalue weighted by atomic mass is 35.5. The Morgan fingerprint density at radius 2 is 2.21 bits per heavy atom. The second-order valence-electron chi connectivity index (χ2n) is 3.64. The average molecular weight is 216 g/mol. The molecule has 0 aliphatic heterocycles. The van der Waals surface area contributed by atoms with Crippen molar-refractivity contribution in [2.45, 2.75) is 51.5 Å². The van der Waals surface area contributed by atoms with Gasteiger partial charge in [-0.15, -0.1) is 16.7 Å². The molecule has 1 heterocycles. The van der Waals surface area contributed by atoms with E-state index in [1.165, 1.54) is 0 Å². The van der Waals surface area contributed by atoms with E-state index in [0.717, 1.165) is 25.0 Å². The number of nitrogens with zero attached hydrogens (tertiary/aromatic N) is 3. The van der Waals surface area contributed by atoms with Crippen LogP contribution in [0, 0.1) is 0 Å². The van der Waals surface area contributed by atoms with Crippen LogP contribution in [0.5, 0.6) is 0 Å². The lowest BCUT2D eigenvalue weighted by molar-refractivity contribution is 0.443. The third-order valence-electron chi connectivity index (χ3n) is 2.37. The number of hydrogen-bond acceptors (Lipinski definition) is 2. The molecule has 0 saturated heterocycles. The zero-order valence-electron chi connectivity index (χ0n) is 9.07. The van der Waals surface area contributed by atoms with Crippen molar-refractivity contribution in [2.75, 3.05) is 0 Å². The zero-order chi connectivity index (χ0) is 10.6. The molecule has 0 aliphatic carbocycles. The first-order chi connectivity index (χ1) is 6.69. The van der Waals surface area contributed by atoms with Crippen molar-refractivity contribution in [1.29, 1.82) is 0 Å². The van der Waals surface area contributed by atoms with Crippen molar-refractivity contribution in [3.8, 4) is 0 Å². The Morgan fingerprint density at radius 3 is 2.79 bits per heavy atom. The Hall–Kier alpha value is -0.570. The summed E-state index contributed by atoms with van der Waals surface area (Å²) in [7, 11) is 0. The maximum absolute atomic E-state index is 6.07. The van der Waals surface area contributed by atoms with E-state index in [4.69, 9.17) is 11.6 Å². The molecule has 0 amide bonds. The van der Waals surface area contributed by atoms with E-state index in [9.17, 15) is 0 Å². The first-order valence-electron chi connectivity index (χ1n) is 5.24. The SMILES string of the molecule is CCCC(C)n1cc(C(Cl)CC)nn1. The van der Waals surface area contributed by atoms with E-state index in [1.807, 2.05) is 17.8 Å². The molecule has 1 aromatic heterocycles. The summed E-state index contributed by atoms with van der Waals surface area (Å²) in [4.78, 5) is 0. The summed E-state index contributed by atoms with van der Waals surface area (Å²) >= 11 is 6.07. The van der Waals surface area contributed by atoms with Gasteiger partial charge in [-0.25, -0.2) is 4.68 Å². The summed E-state index contributed by atoms with van der Waals surface area (Å²) in [6.45, 7) is 6.37. The summed E-state index contributed by atoms with van der Waals surface area (Å²) in [5.74, 6) is 0. The van der Waals surface area contributed by atoms with Gasteiger partial charge in [0.25, 0.3) is 0 Å². The van der Waals surface area contributed by atoms with Crippen molar-refractivity contribution in [3.63, 3.8) is 0 Å². The van der Waals surface area contributed by atoms with Crippen LogP contribution >= 0.6 is 11.6 Å². The Kier molecular flexibility index (Phi) is 4.39. The summed E-state index contributed by atoms with van der Waals surface area (Å²) in [5, 5.41) is 8.16. The highest BCUT2D eigenvalue weighted by Crippen LogP contribution is 2.22. The third-order valence-corrected chi connectivity index (χ3v) is 2.90. The molecule has 80 valence electrons. The highest BCUT2D eigenvalue weighted by Gasteiger charge is 2.12. The van der Waals surface area contributed by atoms with Gasteiger partial charge in [0.1, 0.15) is 5.69 Å². The highest BCUT2D eigenvalue weighted by molar-refractivity contribution is 6.20. The van der Waals surface area contributed by atoms with E-state index in [0.29, 0.717) is 6.04 Å². The van der Waals surface area contributed by atoms with Crippen LogP contribution in [0.3, 0.4) is 0 Å². The molecule has 0 aromatic carbocycles. The fraction of sp³-hybridized carbons (Fsp3) is 0.800. The van der Waals surface area contributed by atoms with Gasteiger partial charge in [-0.3, -0.25) is 0 Å². The van der Waals surface area contributed by atoms with Crippen LogP contribution in [0.2, 0.25) is 0 Å². The quantitative estimate of drug-likeness (QED) is 0.706. The van der Waals surface area contributed by atoms with Crippen molar-refractivity contribution < 1.29 is 0 Å². The second kappa shape index (κ2) is 5.35. The van der Waals surface area contributed by atoms with Crippen molar-refractivity contribution in [2.24, 2.45) is 0 Å². The molecule has 2 unspecified atom stereocenters. The van der Waals surface area contributed by atoms with Crippen LogP contribution in [-0.4, -0.2) is 15.0 Å². The van der Waals surface area contributed by atoms with Crippen LogP contribution in [0.25, 0.3) is 0 Å². The van der Waals surface area contributed by atoms with Crippen LogP contribution in [0.4, 0.5) is 0 Å². The molecule has 3 nitrogen and oxygen atoms in total. The predicted molar refractivity (Wildman–Crippen MR) is 58.5 cm³/mol. The summed E-state index contributed by atoms with van der Waals surface area (Å²) < 4.78 is 1.91. The van der Waals surface area contributed by atoms with Crippen LogP contribution < -0.4 is 0 Å². The first kappa shape index (κ1) is 11.5. The molecule has 2 atom stereocenters. The number of aromatic nitrogens is 3. The number of rotatable bonds is 5. The summed E-state index contributed by atoms with van der Waals surface area (Å²) in [6.07, 6.45) is 5.14. The molecule has 0 N–H and O–H groups in total. The van der Waals surface area contributed by atoms with E-state index in [1.54, 1.807) is 0 Å². The molecule has 1 aromatic rings. The van der Waals surface area contributed by atoms with Gasteiger partial charge in [-0.05, 0) is 19.8 Å². The molecule has 0 aliphatic rings. The maximum Gasteiger partial charge on any atom is 0.101 e. The van der Waals surface area contributed by atoms with Gasteiger partial charge >= 0.3 is 0 Å². The van der Waals surface area contributed by atoms with Gasteiger partial charge in [-0.1, -0.05) is 25.5 Å². The molecule has 0 spiro atoms. The summed E-state index contributed by atoms with van der Waals surface area (Å²) in [6, 6.07) is 0.418. The molecule has 0 saturated carbocycles. The van der Waals surface area contributed by atoms with Gasteiger partial charge in [0, 0.05) is 0 Å². The lowest BCUT2D eigenvalue weighted by Crippen LogP contribution is -2.05. The monoisotopic (exact) mass is 215 g/mol. The summed E-state index contributed by atoms with van der Waals surface area (Å²) in [5.41, 5.74) is 0.886. The minimum absolute atomic E-state index is 0.00224. The molecule has 0 fully saturated rings. The molecule has 0 bridgehead atoms. The molecular formula is C10H18ClN3. The topological polar surface area (TPSA) is 30.7 Å². The minimum Gasteiger partial charge on any atom is -0.249 e. The molecule has 4 heteroatoms. The first-order valence-corrected chi connectivity index (χ1v) is 5.68. The van der Waals surface area contributed by atoms with Crippen LogP contribution in [0.15, 0.2) is 6.20 Å². The standard InChI is InChI=1S/C10H18ClN3/c1-4-6-8(3)14-7-10(12-13-14)9(11)5-2/h7-9H,4-6H2,1-3H3. The molecular weight excluding hydrogens is 198 g/mol. The number of hydrogen-bond donors (Lipinski definition) is 0. The predicted octanol–water partition coefficient (Wildman–Crippen LogP) is 3.33. The largest absolute Gasteiger partial charge is 0.249 e. The van der Waals surface area contributed by atoms with Crippen molar-refractivity contribution in [1.82, 2.24) is 15.0 Å². The Labute approximate surface area is 90.4 Å². The third kappa shape index (κ3) is 2.71. The normalized spacial score (nSPS) is 15.4. The lowest BCUT2D eigenvalue weighted by Gasteiger charge is -2.08. The van der Waals surface area contributed by atoms with Crippen LogP contribution in [0.1, 0.15) is 57.1 Å². The number of halogens is 1. The van der Waals surface area contributed by atoms with Gasteiger partial charge in [-0.2, -0.15) is 0 Å². The van der Waals surface area contributed by atoms with Gasteiger partial charge < -0.3 is 0 Å². The fourth-order valence-electron chi connectivity index (χ4n) is 1.41. The minimum atomic E-state index is -0.00224. The van der Waals surface area contributed by atoms with Crippen molar-refractivity contribution in [3.05, 3.63) is 11.9 Å². The molecule has 14 heavy (non-hydrogen) atoms. The van der Waals surface area contributed by atoms with E-state index in [-0.39, 0.29) is 5.38 Å². The molecule has 0 radical (unpaired) electrons. The van der Waals surface area contributed by atoms with E-state index < -0.39 is 0 Å². The Morgan fingerprint density at radius 1 is 1.50 bits per heavy atom. The fourth-order valence-corrected chi connectivity index (χ4v) is 1.51. The smallest absolute Gasteiger partial charge is 0.101 e. The van der Waals surface area contributed by atoms with Gasteiger partial charge in [0.05, 0.1) is 17.6 Å². The maximum atomic E-state index is 6.07. The van der Waals surface area contributed by atoms with E-state index >= 15 is 0 Å². The Bertz CT molecular complexity index is 272.